The van der Waals surface area contributed by atoms with Crippen molar-refractivity contribution in [3.05, 3.63) is 35.0 Å². The molecule has 2 aromatic rings. The van der Waals surface area contributed by atoms with Crippen molar-refractivity contribution in [2.45, 2.75) is 58.5 Å². The molecule has 0 spiro atoms. The number of carbonyl (C=O) groups excluding carboxylic acids is 3. The molecule has 176 valence electrons. The van der Waals surface area contributed by atoms with E-state index in [0.717, 1.165) is 23.7 Å². The maximum atomic E-state index is 13.1. The number of hydrogen-bond donors (Lipinski definition) is 4. The molecule has 8 heteroatoms. The topological polar surface area (TPSA) is 103 Å². The van der Waals surface area contributed by atoms with Crippen LogP contribution >= 0.6 is 11.6 Å². The number of terminal acetylenes is 1. The zero-order valence-electron chi connectivity index (χ0n) is 19.3. The first-order valence-electron chi connectivity index (χ1n) is 11.2. The second kappa shape index (κ2) is 10.3. The van der Waals surface area contributed by atoms with Crippen molar-refractivity contribution in [2.75, 3.05) is 6.54 Å². The van der Waals surface area contributed by atoms with E-state index >= 15 is 0 Å². The quantitative estimate of drug-likeness (QED) is 0.466. The lowest BCUT2D eigenvalue weighted by molar-refractivity contribution is -0.128. The van der Waals surface area contributed by atoms with Gasteiger partial charge in [-0.05, 0) is 49.3 Å². The molecule has 1 aromatic heterocycles. The molecular formula is C25H31ClN4O3. The molecule has 3 atom stereocenters. The number of hydrogen-bond acceptors (Lipinski definition) is 3. The minimum Gasteiger partial charge on any atom is -0.356 e. The molecule has 1 aliphatic rings. The molecule has 4 N–H and O–H groups in total. The second-order valence-corrected chi connectivity index (χ2v) is 10.2. The third-order valence-corrected chi connectivity index (χ3v) is 5.94. The summed E-state index contributed by atoms with van der Waals surface area (Å²) in [6.07, 6.45) is 8.07. The van der Waals surface area contributed by atoms with E-state index in [1.165, 1.54) is 0 Å². The van der Waals surface area contributed by atoms with Crippen molar-refractivity contribution < 1.29 is 14.4 Å². The molecule has 0 aliphatic carbocycles. The number of halogens is 1. The van der Waals surface area contributed by atoms with Crippen LogP contribution in [0.25, 0.3) is 10.9 Å². The highest BCUT2D eigenvalue weighted by Crippen LogP contribution is 2.23. The van der Waals surface area contributed by atoms with Crippen molar-refractivity contribution in [3.8, 4) is 12.3 Å². The molecule has 3 amide bonds. The first kappa shape index (κ1) is 24.7. The van der Waals surface area contributed by atoms with Gasteiger partial charge in [0.15, 0.2) is 0 Å². The number of nitrogens with one attached hydrogen (secondary N) is 4. The van der Waals surface area contributed by atoms with Crippen molar-refractivity contribution >= 4 is 40.2 Å². The Kier molecular flexibility index (Phi) is 7.70. The number of piperidine rings is 1. The summed E-state index contributed by atoms with van der Waals surface area (Å²) in [5.41, 5.74) is 0.854. The van der Waals surface area contributed by atoms with E-state index in [0.29, 0.717) is 30.1 Å². The Morgan fingerprint density at radius 1 is 1.27 bits per heavy atom. The molecule has 3 rings (SSSR count). The molecule has 0 bridgehead atoms. The molecule has 1 aromatic carbocycles. The number of rotatable bonds is 7. The zero-order valence-corrected chi connectivity index (χ0v) is 20.0. The van der Waals surface area contributed by atoms with E-state index < -0.39 is 18.0 Å². The lowest BCUT2D eigenvalue weighted by Gasteiger charge is -2.28. The van der Waals surface area contributed by atoms with Crippen LogP contribution in [0.4, 0.5) is 0 Å². The van der Waals surface area contributed by atoms with E-state index in [1.54, 1.807) is 18.2 Å². The molecule has 1 aliphatic heterocycles. The Balaban J connectivity index is 1.72. The average Bonchev–Trinajstić information content (AvgIpc) is 3.16. The number of fused-ring (bicyclic) bond motifs is 1. The maximum absolute atomic E-state index is 13.1. The monoisotopic (exact) mass is 470 g/mol. The summed E-state index contributed by atoms with van der Waals surface area (Å²) < 4.78 is 0. The molecule has 33 heavy (non-hydrogen) atoms. The predicted molar refractivity (Wildman–Crippen MR) is 130 cm³/mol. The fraction of sp³-hybridized carbons (Fsp3) is 0.480. The van der Waals surface area contributed by atoms with Gasteiger partial charge >= 0.3 is 0 Å². The van der Waals surface area contributed by atoms with Gasteiger partial charge in [0.25, 0.3) is 5.91 Å². The van der Waals surface area contributed by atoms with Gasteiger partial charge in [-0.2, -0.15) is 0 Å². The highest BCUT2D eigenvalue weighted by molar-refractivity contribution is 6.31. The van der Waals surface area contributed by atoms with Crippen LogP contribution in [0, 0.1) is 23.7 Å². The largest absolute Gasteiger partial charge is 0.356 e. The zero-order chi connectivity index (χ0) is 24.2. The Morgan fingerprint density at radius 3 is 2.70 bits per heavy atom. The summed E-state index contributed by atoms with van der Waals surface area (Å²) >= 11 is 6.03. The van der Waals surface area contributed by atoms with Crippen molar-refractivity contribution in [1.29, 1.82) is 0 Å². The van der Waals surface area contributed by atoms with Gasteiger partial charge in [0.2, 0.25) is 11.8 Å². The maximum Gasteiger partial charge on any atom is 0.268 e. The third kappa shape index (κ3) is 6.75. The first-order chi connectivity index (χ1) is 15.6. The van der Waals surface area contributed by atoms with Crippen molar-refractivity contribution in [2.24, 2.45) is 11.3 Å². The van der Waals surface area contributed by atoms with Gasteiger partial charge in [-0.1, -0.05) is 44.4 Å². The van der Waals surface area contributed by atoms with Gasteiger partial charge in [-0.3, -0.25) is 14.4 Å². The van der Waals surface area contributed by atoms with Gasteiger partial charge in [-0.25, -0.2) is 0 Å². The van der Waals surface area contributed by atoms with Gasteiger partial charge in [0.1, 0.15) is 11.7 Å². The molecule has 0 radical (unpaired) electrons. The number of carbonyl (C=O) groups is 3. The fourth-order valence-corrected chi connectivity index (χ4v) is 4.24. The Bertz CT molecular complexity index is 1080. The lowest BCUT2D eigenvalue weighted by Crippen LogP contribution is -2.51. The fourth-order valence-electron chi connectivity index (χ4n) is 4.07. The van der Waals surface area contributed by atoms with Crippen LogP contribution in [0.5, 0.6) is 0 Å². The van der Waals surface area contributed by atoms with E-state index in [9.17, 15) is 14.4 Å². The van der Waals surface area contributed by atoms with Crippen LogP contribution in [0.15, 0.2) is 24.3 Å². The smallest absolute Gasteiger partial charge is 0.268 e. The molecule has 7 nitrogen and oxygen atoms in total. The summed E-state index contributed by atoms with van der Waals surface area (Å²) in [7, 11) is 0. The third-order valence-electron chi connectivity index (χ3n) is 5.70. The molecule has 1 saturated heterocycles. The van der Waals surface area contributed by atoms with Gasteiger partial charge in [-0.15, -0.1) is 6.42 Å². The molecule has 2 heterocycles. The van der Waals surface area contributed by atoms with Crippen molar-refractivity contribution in [3.63, 3.8) is 0 Å². The summed E-state index contributed by atoms with van der Waals surface area (Å²) in [6, 6.07) is 5.65. The summed E-state index contributed by atoms with van der Waals surface area (Å²) in [4.78, 5) is 41.3. The second-order valence-electron chi connectivity index (χ2n) is 9.80. The van der Waals surface area contributed by atoms with Crippen LogP contribution in [0.1, 0.15) is 56.9 Å². The van der Waals surface area contributed by atoms with Crippen LogP contribution in [-0.2, 0) is 9.59 Å². The average molecular weight is 471 g/mol. The van der Waals surface area contributed by atoms with Crippen LogP contribution in [0.3, 0.4) is 0 Å². The summed E-state index contributed by atoms with van der Waals surface area (Å²) in [6.45, 7) is 6.66. The van der Waals surface area contributed by atoms with Crippen LogP contribution in [0.2, 0.25) is 5.02 Å². The highest BCUT2D eigenvalue weighted by Gasteiger charge is 2.30. The number of amides is 3. The van der Waals surface area contributed by atoms with Gasteiger partial charge in [0.05, 0.1) is 6.04 Å². The van der Waals surface area contributed by atoms with Crippen LogP contribution < -0.4 is 16.0 Å². The van der Waals surface area contributed by atoms with Gasteiger partial charge < -0.3 is 20.9 Å². The normalized spacial score (nSPS) is 18.2. The molecule has 0 saturated carbocycles. The molecule has 0 unspecified atom stereocenters. The Labute approximate surface area is 199 Å². The molecule has 1 fully saturated rings. The number of benzene rings is 1. The highest BCUT2D eigenvalue weighted by atomic mass is 35.5. The Morgan fingerprint density at radius 2 is 2.03 bits per heavy atom. The van der Waals surface area contributed by atoms with E-state index in [2.05, 4.69) is 26.9 Å². The first-order valence-corrected chi connectivity index (χ1v) is 11.6. The minimum atomic E-state index is -0.788. The molecular weight excluding hydrogens is 440 g/mol. The van der Waals surface area contributed by atoms with E-state index in [1.807, 2.05) is 26.8 Å². The SMILES string of the molecule is C#C[C@H](C[C@@H]1CCCNC1=O)NC(=O)[C@H](CC(C)(C)C)NC(=O)c1cc2ccc(Cl)cc2[nH]1. The summed E-state index contributed by atoms with van der Waals surface area (Å²) in [5, 5.41) is 9.94. The van der Waals surface area contributed by atoms with Gasteiger partial charge in [0, 0.05) is 28.4 Å². The summed E-state index contributed by atoms with van der Waals surface area (Å²) in [5.74, 6) is 1.57. The standard InChI is InChI=1S/C25H31ClN4O3/c1-5-18(11-16-7-6-10-27-22(16)31)28-24(33)21(14-25(2,3)4)30-23(32)20-12-15-8-9-17(26)13-19(15)29-20/h1,8-9,12-13,16,18,21,29H,6-7,10-11,14H2,2-4H3,(H,27,31)(H,28,33)(H,30,32)/t16-,18+,21-/m0/s1. The van der Waals surface area contributed by atoms with E-state index in [4.69, 9.17) is 18.0 Å². The Hall–Kier alpha value is -2.98. The predicted octanol–water partition coefficient (Wildman–Crippen LogP) is 3.39. The number of H-pyrrole nitrogens is 1. The van der Waals surface area contributed by atoms with Crippen LogP contribution in [-0.4, -0.2) is 41.3 Å². The van der Waals surface area contributed by atoms with Crippen molar-refractivity contribution in [1.82, 2.24) is 20.9 Å². The minimum absolute atomic E-state index is 0.0331. The lowest BCUT2D eigenvalue weighted by atomic mass is 9.87. The van der Waals surface area contributed by atoms with E-state index in [-0.39, 0.29) is 23.1 Å². The number of aromatic nitrogens is 1. The number of aromatic amines is 1.